The van der Waals surface area contributed by atoms with Crippen molar-refractivity contribution in [2.75, 3.05) is 0 Å². The van der Waals surface area contributed by atoms with Crippen molar-refractivity contribution in [1.29, 1.82) is 0 Å². The first-order valence-corrected chi connectivity index (χ1v) is 9.53. The summed E-state index contributed by atoms with van der Waals surface area (Å²) >= 11 is 1.88. The molecule has 1 fully saturated rings. The average molecular weight is 438 g/mol. The van der Waals surface area contributed by atoms with Gasteiger partial charge in [0, 0.05) is 17.8 Å². The van der Waals surface area contributed by atoms with E-state index in [1.54, 1.807) is 18.2 Å². The van der Waals surface area contributed by atoms with Crippen LogP contribution in [-0.4, -0.2) is 21.3 Å². The van der Waals surface area contributed by atoms with Crippen LogP contribution in [0, 0.1) is 0 Å². The Morgan fingerprint density at radius 1 is 1.10 bits per heavy atom. The molecule has 1 saturated heterocycles. The van der Waals surface area contributed by atoms with Gasteiger partial charge in [0.25, 0.3) is 11.1 Å². The molecule has 0 atom stereocenters. The molecule has 1 aliphatic rings. The quantitative estimate of drug-likeness (QED) is 0.589. The highest BCUT2D eigenvalue weighted by atomic mass is 32.2. The number of amides is 1. The normalized spacial score (nSPS) is 17.3. The molecule has 7 nitrogen and oxygen atoms in total. The molecule has 1 aromatic carbocycles. The van der Waals surface area contributed by atoms with Gasteiger partial charge in [0.15, 0.2) is 10.3 Å². The van der Waals surface area contributed by atoms with E-state index in [-0.39, 0.29) is 16.2 Å². The second-order valence-electron chi connectivity index (χ2n) is 5.45. The third-order valence-electron chi connectivity index (χ3n) is 3.35. The van der Waals surface area contributed by atoms with Crippen LogP contribution in [0.2, 0.25) is 0 Å². The van der Waals surface area contributed by atoms with Gasteiger partial charge in [-0.1, -0.05) is 18.2 Å². The maximum Gasteiger partial charge on any atom is 0.470 e. The molecular formula is C17H9F3N4O3S2. The van der Waals surface area contributed by atoms with Gasteiger partial charge in [-0.2, -0.15) is 13.2 Å². The SMILES string of the molecule is O=C1NC(=Nc2ccccc2)S/C1=C\c1ccc(Sc2nnc(C(F)(F)F)o2)o1. The van der Waals surface area contributed by atoms with E-state index in [1.807, 2.05) is 18.2 Å². The number of benzene rings is 1. The first kappa shape index (κ1) is 19.3. The summed E-state index contributed by atoms with van der Waals surface area (Å²) in [4.78, 5) is 16.8. The number of furan rings is 1. The van der Waals surface area contributed by atoms with Gasteiger partial charge in [0.1, 0.15) is 5.76 Å². The van der Waals surface area contributed by atoms with Gasteiger partial charge in [-0.3, -0.25) is 4.79 Å². The molecule has 148 valence electrons. The van der Waals surface area contributed by atoms with Crippen LogP contribution >= 0.6 is 23.5 Å². The van der Waals surface area contributed by atoms with E-state index < -0.39 is 12.1 Å². The number of nitrogens with one attached hydrogen (secondary N) is 1. The number of aromatic nitrogens is 2. The number of halogens is 3. The van der Waals surface area contributed by atoms with Crippen LogP contribution in [0.1, 0.15) is 11.7 Å². The van der Waals surface area contributed by atoms with Crippen LogP contribution in [0.4, 0.5) is 18.9 Å². The lowest BCUT2D eigenvalue weighted by Gasteiger charge is -1.96. The zero-order valence-corrected chi connectivity index (χ0v) is 15.8. The molecule has 0 saturated carbocycles. The van der Waals surface area contributed by atoms with Crippen LogP contribution in [0.5, 0.6) is 0 Å². The maximum absolute atomic E-state index is 12.5. The van der Waals surface area contributed by atoms with Gasteiger partial charge < -0.3 is 14.2 Å². The van der Waals surface area contributed by atoms with Crippen LogP contribution < -0.4 is 5.32 Å². The Labute approximate surface area is 169 Å². The molecule has 2 aromatic heterocycles. The molecular weight excluding hydrogens is 429 g/mol. The fourth-order valence-electron chi connectivity index (χ4n) is 2.15. The number of carbonyl (C=O) groups excluding carboxylic acids is 1. The van der Waals surface area contributed by atoms with Crippen LogP contribution in [0.25, 0.3) is 6.08 Å². The van der Waals surface area contributed by atoms with Gasteiger partial charge in [0.2, 0.25) is 0 Å². The lowest BCUT2D eigenvalue weighted by Crippen LogP contribution is -2.19. The van der Waals surface area contributed by atoms with Crippen molar-refractivity contribution < 1.29 is 26.8 Å². The molecule has 1 amide bonds. The highest BCUT2D eigenvalue weighted by Crippen LogP contribution is 2.34. The third-order valence-corrected chi connectivity index (χ3v) is 5.02. The molecule has 0 bridgehead atoms. The number of hydrogen-bond acceptors (Lipinski definition) is 8. The molecule has 0 spiro atoms. The Morgan fingerprint density at radius 2 is 1.90 bits per heavy atom. The number of aliphatic imine (C=N–C) groups is 1. The highest BCUT2D eigenvalue weighted by molar-refractivity contribution is 8.18. The van der Waals surface area contributed by atoms with Gasteiger partial charge in [0.05, 0.1) is 10.6 Å². The molecule has 0 aliphatic carbocycles. The number of hydrogen-bond donors (Lipinski definition) is 1. The molecule has 4 rings (SSSR count). The minimum atomic E-state index is -4.71. The third kappa shape index (κ3) is 4.71. The Balaban J connectivity index is 1.46. The van der Waals surface area contributed by atoms with Crippen molar-refractivity contribution in [1.82, 2.24) is 15.5 Å². The molecule has 29 heavy (non-hydrogen) atoms. The number of rotatable bonds is 4. The van der Waals surface area contributed by atoms with E-state index in [9.17, 15) is 18.0 Å². The summed E-state index contributed by atoms with van der Waals surface area (Å²) in [6.45, 7) is 0. The summed E-state index contributed by atoms with van der Waals surface area (Å²) in [6.07, 6.45) is -3.21. The molecule has 0 unspecified atom stereocenters. The smallest absolute Gasteiger partial charge is 0.450 e. The summed E-state index contributed by atoms with van der Waals surface area (Å²) in [7, 11) is 0. The number of thioether (sulfide) groups is 1. The van der Waals surface area contributed by atoms with Crippen molar-refractivity contribution in [2.24, 2.45) is 4.99 Å². The zero-order chi connectivity index (χ0) is 20.4. The minimum absolute atomic E-state index is 0.232. The summed E-state index contributed by atoms with van der Waals surface area (Å²) in [5.74, 6) is -1.43. The van der Waals surface area contributed by atoms with E-state index >= 15 is 0 Å². The fraction of sp³-hybridized carbons (Fsp3) is 0.0588. The van der Waals surface area contributed by atoms with E-state index in [2.05, 4.69) is 24.9 Å². The van der Waals surface area contributed by atoms with E-state index in [0.717, 1.165) is 23.5 Å². The second-order valence-corrected chi connectivity index (χ2v) is 7.43. The van der Waals surface area contributed by atoms with Crippen LogP contribution in [0.15, 0.2) is 71.5 Å². The standard InChI is InChI=1S/C17H9F3N4O3S2/c18-17(19,20)14-23-24-16(27-14)29-12-7-6-10(26-12)8-11-13(25)22-15(28-11)21-9-4-2-1-3-5-9/h1-8H,(H,21,22,25)/b11-8-. The number of para-hydroxylation sites is 1. The van der Waals surface area contributed by atoms with Crippen molar-refractivity contribution in [3.63, 3.8) is 0 Å². The topological polar surface area (TPSA) is 93.5 Å². The van der Waals surface area contributed by atoms with E-state index in [4.69, 9.17) is 4.42 Å². The van der Waals surface area contributed by atoms with Crippen LogP contribution in [-0.2, 0) is 11.0 Å². The highest BCUT2D eigenvalue weighted by Gasteiger charge is 2.38. The maximum atomic E-state index is 12.5. The average Bonchev–Trinajstić information content (AvgIpc) is 3.38. The summed E-state index contributed by atoms with van der Waals surface area (Å²) in [5, 5.41) is 9.27. The predicted molar refractivity (Wildman–Crippen MR) is 99.4 cm³/mol. The van der Waals surface area contributed by atoms with Crippen molar-refractivity contribution in [3.8, 4) is 0 Å². The molecule has 12 heteroatoms. The number of alkyl halides is 3. The number of nitrogens with zero attached hydrogens (tertiary/aromatic N) is 3. The van der Waals surface area contributed by atoms with Gasteiger partial charge in [-0.05, 0) is 36.0 Å². The van der Waals surface area contributed by atoms with Crippen molar-refractivity contribution >= 4 is 46.4 Å². The van der Waals surface area contributed by atoms with Gasteiger partial charge in [-0.15, -0.1) is 10.2 Å². The summed E-state index contributed by atoms with van der Waals surface area (Å²) in [5.41, 5.74) is 0.700. The first-order chi connectivity index (χ1) is 13.9. The van der Waals surface area contributed by atoms with Gasteiger partial charge in [-0.25, -0.2) is 4.99 Å². The monoisotopic (exact) mass is 438 g/mol. The Hall–Kier alpha value is -2.99. The largest absolute Gasteiger partial charge is 0.470 e. The van der Waals surface area contributed by atoms with E-state index in [1.165, 1.54) is 12.1 Å². The molecule has 1 N–H and O–H groups in total. The first-order valence-electron chi connectivity index (χ1n) is 7.90. The minimum Gasteiger partial charge on any atom is -0.450 e. The zero-order valence-electron chi connectivity index (χ0n) is 14.1. The fourth-order valence-corrected chi connectivity index (χ4v) is 3.62. The van der Waals surface area contributed by atoms with E-state index in [0.29, 0.717) is 21.5 Å². The Morgan fingerprint density at radius 3 is 2.62 bits per heavy atom. The summed E-state index contributed by atoms with van der Waals surface area (Å²) in [6, 6.07) is 12.2. The molecule has 0 radical (unpaired) electrons. The predicted octanol–water partition coefficient (Wildman–Crippen LogP) is 4.72. The summed E-state index contributed by atoms with van der Waals surface area (Å²) < 4.78 is 47.5. The Bertz CT molecular complexity index is 1110. The number of carbonyl (C=O) groups is 1. The Kier molecular flexibility index (Phi) is 5.20. The van der Waals surface area contributed by atoms with Crippen molar-refractivity contribution in [2.45, 2.75) is 16.5 Å². The lowest BCUT2D eigenvalue weighted by molar-refractivity contribution is -0.158. The molecule has 1 aliphatic heterocycles. The second kappa shape index (κ2) is 7.79. The number of amidine groups is 1. The van der Waals surface area contributed by atoms with Crippen LogP contribution in [0.3, 0.4) is 0 Å². The molecule has 3 aromatic rings. The van der Waals surface area contributed by atoms with Gasteiger partial charge >= 0.3 is 12.1 Å². The van der Waals surface area contributed by atoms with Crippen molar-refractivity contribution in [3.05, 3.63) is 59.0 Å². The lowest BCUT2D eigenvalue weighted by atomic mass is 10.3. The molecule has 3 heterocycles.